The number of rotatable bonds is 6. The van der Waals surface area contributed by atoms with E-state index in [4.69, 9.17) is 4.74 Å². The van der Waals surface area contributed by atoms with Gasteiger partial charge >= 0.3 is 0 Å². The predicted molar refractivity (Wildman–Crippen MR) is 81.4 cm³/mol. The van der Waals surface area contributed by atoms with E-state index >= 15 is 0 Å². The molecule has 0 aromatic rings. The first kappa shape index (κ1) is 15.3. The van der Waals surface area contributed by atoms with Crippen molar-refractivity contribution in [2.45, 2.75) is 83.3 Å². The van der Waals surface area contributed by atoms with E-state index in [1.165, 1.54) is 64.2 Å². The Morgan fingerprint density at radius 2 is 1.84 bits per heavy atom. The second-order valence-electron chi connectivity index (χ2n) is 6.69. The summed E-state index contributed by atoms with van der Waals surface area (Å²) in [6.45, 7) is 3.26. The number of likely N-dealkylation sites (N-methyl/N-ethyl adjacent to an activating group) is 1. The van der Waals surface area contributed by atoms with Gasteiger partial charge in [0.2, 0.25) is 0 Å². The van der Waals surface area contributed by atoms with Crippen LogP contribution in [-0.4, -0.2) is 25.8 Å². The molecule has 0 amide bonds. The van der Waals surface area contributed by atoms with Gasteiger partial charge in [-0.3, -0.25) is 0 Å². The molecule has 2 heteroatoms. The van der Waals surface area contributed by atoms with E-state index in [9.17, 15) is 0 Å². The number of ether oxygens (including phenoxy) is 1. The third-order valence-electron chi connectivity index (χ3n) is 5.41. The van der Waals surface area contributed by atoms with Crippen molar-refractivity contribution in [2.24, 2.45) is 11.8 Å². The van der Waals surface area contributed by atoms with Crippen molar-refractivity contribution in [3.63, 3.8) is 0 Å². The first-order valence-corrected chi connectivity index (χ1v) is 8.62. The quantitative estimate of drug-likeness (QED) is 0.781. The Balaban J connectivity index is 1.72. The zero-order chi connectivity index (χ0) is 13.5. The summed E-state index contributed by atoms with van der Waals surface area (Å²) in [6, 6.07) is 0.585. The highest BCUT2D eigenvalue weighted by Crippen LogP contribution is 2.30. The number of hydrogen-bond donors (Lipinski definition) is 1. The minimum absolute atomic E-state index is 0.540. The fourth-order valence-corrected chi connectivity index (χ4v) is 4.00. The van der Waals surface area contributed by atoms with E-state index in [0.29, 0.717) is 12.1 Å². The van der Waals surface area contributed by atoms with Gasteiger partial charge in [-0.05, 0) is 44.6 Å². The summed E-state index contributed by atoms with van der Waals surface area (Å²) in [5, 5.41) is 3.51. The molecule has 19 heavy (non-hydrogen) atoms. The lowest BCUT2D eigenvalue weighted by Gasteiger charge is -2.33. The van der Waals surface area contributed by atoms with Gasteiger partial charge in [-0.15, -0.1) is 0 Å². The van der Waals surface area contributed by atoms with Gasteiger partial charge < -0.3 is 10.1 Å². The third kappa shape index (κ3) is 4.75. The molecule has 3 unspecified atom stereocenters. The zero-order valence-electron chi connectivity index (χ0n) is 13.0. The lowest BCUT2D eigenvalue weighted by Crippen LogP contribution is -2.40. The van der Waals surface area contributed by atoms with Crippen LogP contribution in [-0.2, 0) is 4.74 Å². The van der Waals surface area contributed by atoms with Crippen molar-refractivity contribution in [1.29, 1.82) is 0 Å². The highest BCUT2D eigenvalue weighted by atomic mass is 16.5. The Bertz CT molecular complexity index is 237. The molecule has 0 saturated heterocycles. The summed E-state index contributed by atoms with van der Waals surface area (Å²) in [5.74, 6) is 1.77. The van der Waals surface area contributed by atoms with Crippen LogP contribution in [0.5, 0.6) is 0 Å². The number of nitrogens with one attached hydrogen (secondary N) is 1. The predicted octanol–water partition coefficient (Wildman–Crippen LogP) is 4.14. The molecule has 3 atom stereocenters. The van der Waals surface area contributed by atoms with Crippen LogP contribution in [0.1, 0.15) is 71.1 Å². The van der Waals surface area contributed by atoms with Crippen molar-refractivity contribution < 1.29 is 4.74 Å². The summed E-state index contributed by atoms with van der Waals surface area (Å²) in [6.07, 6.45) is 14.3. The van der Waals surface area contributed by atoms with Crippen LogP contribution in [0.25, 0.3) is 0 Å². The fourth-order valence-electron chi connectivity index (χ4n) is 4.00. The fraction of sp³-hybridized carbons (Fsp3) is 1.00. The van der Waals surface area contributed by atoms with Gasteiger partial charge in [-0.25, -0.2) is 0 Å². The molecule has 2 nitrogen and oxygen atoms in total. The van der Waals surface area contributed by atoms with Crippen LogP contribution in [0.4, 0.5) is 0 Å². The van der Waals surface area contributed by atoms with Gasteiger partial charge in [0.1, 0.15) is 0 Å². The minimum atomic E-state index is 0.540. The Hall–Kier alpha value is -0.0800. The molecule has 112 valence electrons. The van der Waals surface area contributed by atoms with E-state index in [-0.39, 0.29) is 0 Å². The van der Waals surface area contributed by atoms with E-state index in [0.717, 1.165) is 18.4 Å². The van der Waals surface area contributed by atoms with E-state index in [2.05, 4.69) is 19.3 Å². The Morgan fingerprint density at radius 1 is 1.05 bits per heavy atom. The lowest BCUT2D eigenvalue weighted by atomic mass is 9.83. The molecule has 2 aliphatic rings. The van der Waals surface area contributed by atoms with Crippen LogP contribution < -0.4 is 5.32 Å². The highest BCUT2D eigenvalue weighted by Gasteiger charge is 2.25. The Labute approximate surface area is 119 Å². The second kappa shape index (κ2) is 8.26. The molecule has 0 aromatic heterocycles. The monoisotopic (exact) mass is 267 g/mol. The van der Waals surface area contributed by atoms with E-state index in [1.54, 1.807) is 0 Å². The molecule has 2 fully saturated rings. The topological polar surface area (TPSA) is 21.3 Å². The molecule has 0 aromatic carbocycles. The normalized spacial score (nSPS) is 31.3. The van der Waals surface area contributed by atoms with Crippen LogP contribution in [0.15, 0.2) is 0 Å². The molecule has 0 bridgehead atoms. The van der Waals surface area contributed by atoms with E-state index in [1.807, 2.05) is 0 Å². The van der Waals surface area contributed by atoms with Crippen LogP contribution in [0, 0.1) is 11.8 Å². The maximum absolute atomic E-state index is 6.26. The van der Waals surface area contributed by atoms with Gasteiger partial charge in [0.25, 0.3) is 0 Å². The first-order valence-electron chi connectivity index (χ1n) is 8.62. The van der Waals surface area contributed by atoms with Gasteiger partial charge in [0.05, 0.1) is 12.7 Å². The highest BCUT2D eigenvalue weighted by molar-refractivity contribution is 4.79. The van der Waals surface area contributed by atoms with Crippen molar-refractivity contribution in [1.82, 2.24) is 5.32 Å². The summed E-state index contributed by atoms with van der Waals surface area (Å²) >= 11 is 0. The average molecular weight is 267 g/mol. The number of hydrogen-bond acceptors (Lipinski definition) is 2. The molecular weight excluding hydrogens is 234 g/mol. The maximum Gasteiger partial charge on any atom is 0.0625 e. The lowest BCUT2D eigenvalue weighted by molar-refractivity contribution is -0.00765. The van der Waals surface area contributed by atoms with Crippen LogP contribution >= 0.6 is 0 Å². The molecule has 0 spiro atoms. The van der Waals surface area contributed by atoms with Crippen molar-refractivity contribution >= 4 is 0 Å². The summed E-state index contributed by atoms with van der Waals surface area (Å²) in [4.78, 5) is 0. The molecule has 2 rings (SSSR count). The molecule has 2 saturated carbocycles. The van der Waals surface area contributed by atoms with E-state index < -0.39 is 0 Å². The molecule has 0 aliphatic heterocycles. The third-order valence-corrected chi connectivity index (χ3v) is 5.41. The minimum Gasteiger partial charge on any atom is -0.377 e. The smallest absolute Gasteiger partial charge is 0.0625 e. The van der Waals surface area contributed by atoms with Crippen molar-refractivity contribution in [2.75, 3.05) is 13.7 Å². The van der Waals surface area contributed by atoms with Gasteiger partial charge in [0.15, 0.2) is 0 Å². The van der Waals surface area contributed by atoms with Gasteiger partial charge in [0, 0.05) is 6.04 Å². The van der Waals surface area contributed by atoms with Gasteiger partial charge in [-0.2, -0.15) is 0 Å². The summed E-state index contributed by atoms with van der Waals surface area (Å²) in [7, 11) is 2.11. The van der Waals surface area contributed by atoms with Crippen molar-refractivity contribution in [3.8, 4) is 0 Å². The van der Waals surface area contributed by atoms with Crippen LogP contribution in [0.2, 0.25) is 0 Å². The average Bonchev–Trinajstić information content (AvgIpc) is 2.49. The second-order valence-corrected chi connectivity index (χ2v) is 6.69. The molecule has 0 radical (unpaired) electrons. The SMILES string of the molecule is CCC1CCCC(OCC(NC)C2CCCCC2)C1. The first-order chi connectivity index (χ1) is 9.33. The van der Waals surface area contributed by atoms with Gasteiger partial charge in [-0.1, -0.05) is 45.4 Å². The molecule has 1 N–H and O–H groups in total. The van der Waals surface area contributed by atoms with Crippen molar-refractivity contribution in [3.05, 3.63) is 0 Å². The maximum atomic E-state index is 6.26. The summed E-state index contributed by atoms with van der Waals surface area (Å²) in [5.41, 5.74) is 0. The van der Waals surface area contributed by atoms with Crippen LogP contribution in [0.3, 0.4) is 0 Å². The largest absolute Gasteiger partial charge is 0.377 e. The Morgan fingerprint density at radius 3 is 2.53 bits per heavy atom. The Kier molecular flexibility index (Phi) is 6.66. The zero-order valence-corrected chi connectivity index (χ0v) is 13.0. The summed E-state index contributed by atoms with van der Waals surface area (Å²) < 4.78 is 6.26. The molecule has 2 aliphatic carbocycles. The molecule has 0 heterocycles. The standard InChI is InChI=1S/C17H33NO/c1-3-14-8-7-11-16(12-14)19-13-17(18-2)15-9-5-4-6-10-15/h14-18H,3-13H2,1-2H3. The molecular formula is C17H33NO.